The number of nitrogens with one attached hydrogen (secondary N) is 1. The quantitative estimate of drug-likeness (QED) is 0.206. The van der Waals surface area contributed by atoms with Gasteiger partial charge in [-0.2, -0.15) is 13.2 Å². The van der Waals surface area contributed by atoms with Gasteiger partial charge in [0.1, 0.15) is 11.9 Å². The van der Waals surface area contributed by atoms with Crippen LogP contribution in [-0.2, 0) is 38.7 Å². The fourth-order valence-electron chi connectivity index (χ4n) is 8.36. The number of alkyl halides is 3. The number of pyridine rings is 1. The van der Waals surface area contributed by atoms with Gasteiger partial charge in [0.05, 0.1) is 42.2 Å². The number of ketones is 1. The van der Waals surface area contributed by atoms with Gasteiger partial charge in [-0.3, -0.25) is 23.9 Å². The van der Waals surface area contributed by atoms with Crippen molar-refractivity contribution in [1.29, 1.82) is 0 Å². The maximum absolute atomic E-state index is 15.0. The van der Waals surface area contributed by atoms with Crippen LogP contribution < -0.4 is 14.2 Å². The molecular weight excluding hydrogens is 796 g/mol. The molecule has 1 aromatic heterocycles. The van der Waals surface area contributed by atoms with Gasteiger partial charge in [0.15, 0.2) is 5.78 Å². The highest BCUT2D eigenvalue weighted by Crippen LogP contribution is 2.58. The van der Waals surface area contributed by atoms with E-state index in [1.807, 2.05) is 19.1 Å². The van der Waals surface area contributed by atoms with Crippen molar-refractivity contribution in [3.63, 3.8) is 0 Å². The second-order valence-corrected chi connectivity index (χ2v) is 19.7. The van der Waals surface area contributed by atoms with Crippen molar-refractivity contribution in [3.8, 4) is 11.6 Å². The predicted octanol–water partition coefficient (Wildman–Crippen LogP) is 6.08. The van der Waals surface area contributed by atoms with Gasteiger partial charge in [-0.05, 0) is 107 Å². The number of amides is 2. The van der Waals surface area contributed by atoms with Gasteiger partial charge in [0.2, 0.25) is 33.3 Å². The summed E-state index contributed by atoms with van der Waals surface area (Å²) >= 11 is 0. The number of sulfonamides is 1. The Labute approximate surface area is 342 Å². The van der Waals surface area contributed by atoms with Crippen LogP contribution in [0.25, 0.3) is 10.8 Å². The van der Waals surface area contributed by atoms with E-state index in [9.17, 15) is 36.0 Å². The summed E-state index contributed by atoms with van der Waals surface area (Å²) in [7, 11) is -1.08. The average Bonchev–Trinajstić information content (AvgIpc) is 4.04. The Kier molecular flexibility index (Phi) is 12.5. The Bertz CT molecular complexity index is 2090. The molecule has 1 saturated heterocycles. The van der Waals surface area contributed by atoms with Gasteiger partial charge in [-0.15, -0.1) is 0 Å². The molecular formula is C42H54F3N3O10S. The standard InChI is InChI=1S/C42H54F3N3O10S/c1-25-9-7-8-10-28-21-41(28,38(52)47-59(53,54)40(4)14-15-40)22-34(49)33-19-30(57-36-31-12-11-29(56-6)18-26(31)13-16-46-36)23-48(33)37(51)32(27(17-25)24-55-5)20-35(50)58-39(2,3)42(43,44)45/h8,10-13,16,18,25,27-28,30,32-33H,7,9,14-15,17,19-24H2,1-6H3,(H,47,52)/b10-8-/t25-,27-,28+,30+,32-,33-,41+/m0/s1. The van der Waals surface area contributed by atoms with Gasteiger partial charge < -0.3 is 23.8 Å². The van der Waals surface area contributed by atoms with Crippen molar-refractivity contribution in [2.45, 2.75) is 114 Å². The van der Waals surface area contributed by atoms with Crippen LogP contribution in [0.15, 0.2) is 42.6 Å². The van der Waals surface area contributed by atoms with Gasteiger partial charge in [-0.1, -0.05) is 19.1 Å². The van der Waals surface area contributed by atoms with Gasteiger partial charge in [-0.25, -0.2) is 13.4 Å². The topological polar surface area (TPSA) is 167 Å². The summed E-state index contributed by atoms with van der Waals surface area (Å²) in [5.74, 6) is -4.81. The molecule has 0 radical (unpaired) electrons. The lowest BCUT2D eigenvalue weighted by Gasteiger charge is -2.34. The second kappa shape index (κ2) is 16.7. The lowest BCUT2D eigenvalue weighted by atomic mass is 9.81. The fourth-order valence-corrected chi connectivity index (χ4v) is 9.69. The molecule has 2 saturated carbocycles. The van der Waals surface area contributed by atoms with Crippen LogP contribution in [0.4, 0.5) is 13.2 Å². The highest BCUT2D eigenvalue weighted by Gasteiger charge is 2.63. The van der Waals surface area contributed by atoms with E-state index in [0.717, 1.165) is 19.2 Å². The monoisotopic (exact) mass is 849 g/mol. The SMILES string of the molecule is COC[C@@H]1C[C@@H](C)CC/C=C\[C@@H]2C[C@@]2(C(=O)NS(=O)(=O)C2(C)CC2)CC(=O)[C@@H]2C[C@@H](Oc3nccc4cc(OC)ccc34)CN2C(=O)[C@H]1CC(=O)OC(C)(C)C(F)(F)F. The molecule has 17 heteroatoms. The van der Waals surface area contributed by atoms with Crippen molar-refractivity contribution in [2.75, 3.05) is 27.4 Å². The van der Waals surface area contributed by atoms with Crippen molar-refractivity contribution in [3.05, 3.63) is 42.6 Å². The number of allylic oxidation sites excluding steroid dienone is 2. The Morgan fingerprint density at radius 3 is 2.47 bits per heavy atom. The maximum Gasteiger partial charge on any atom is 0.427 e. The fraction of sp³-hybridized carbons (Fsp3) is 0.643. The second-order valence-electron chi connectivity index (χ2n) is 17.5. The van der Waals surface area contributed by atoms with E-state index in [2.05, 4.69) is 9.71 Å². The van der Waals surface area contributed by atoms with Crippen LogP contribution in [-0.4, -0.2) is 97.9 Å². The van der Waals surface area contributed by atoms with Crippen LogP contribution in [0, 0.1) is 29.1 Å². The highest BCUT2D eigenvalue weighted by molar-refractivity contribution is 7.91. The average molecular weight is 850 g/mol. The van der Waals surface area contributed by atoms with Crippen molar-refractivity contribution >= 4 is 44.4 Å². The zero-order valence-electron chi connectivity index (χ0n) is 34.3. The number of benzene rings is 1. The Morgan fingerprint density at radius 2 is 1.81 bits per heavy atom. The first-order chi connectivity index (χ1) is 27.6. The Balaban J connectivity index is 1.38. The number of halogens is 3. The number of rotatable bonds is 11. The third-order valence-corrected chi connectivity index (χ3v) is 14.8. The summed E-state index contributed by atoms with van der Waals surface area (Å²) in [6.45, 7) is 4.80. The Hall–Kier alpha value is -4.25. The van der Waals surface area contributed by atoms with Crippen molar-refractivity contribution in [1.82, 2.24) is 14.6 Å². The third kappa shape index (κ3) is 9.40. The summed E-state index contributed by atoms with van der Waals surface area (Å²) in [6, 6.07) is 5.86. The van der Waals surface area contributed by atoms with Gasteiger partial charge >= 0.3 is 12.1 Å². The first-order valence-electron chi connectivity index (χ1n) is 20.1. The molecule has 6 rings (SSSR count). The maximum atomic E-state index is 15.0. The number of aromatic nitrogens is 1. The van der Waals surface area contributed by atoms with E-state index in [-0.39, 0.29) is 37.8 Å². The lowest BCUT2D eigenvalue weighted by Crippen LogP contribution is -2.49. The molecule has 1 N–H and O–H groups in total. The van der Waals surface area contributed by atoms with Crippen LogP contribution >= 0.6 is 0 Å². The summed E-state index contributed by atoms with van der Waals surface area (Å²) in [5, 5.41) is 1.38. The number of fused-ring (bicyclic) bond motifs is 3. The Morgan fingerprint density at radius 1 is 1.08 bits per heavy atom. The van der Waals surface area contributed by atoms with E-state index in [0.29, 0.717) is 43.2 Å². The molecule has 0 unspecified atom stereocenters. The largest absolute Gasteiger partial charge is 0.497 e. The summed E-state index contributed by atoms with van der Waals surface area (Å²) in [4.78, 5) is 62.9. The molecule has 1 aromatic carbocycles. The molecule has 3 fully saturated rings. The van der Waals surface area contributed by atoms with Crippen LogP contribution in [0.1, 0.15) is 85.5 Å². The molecule has 0 bridgehead atoms. The molecule has 4 aliphatic rings. The van der Waals surface area contributed by atoms with Crippen LogP contribution in [0.5, 0.6) is 11.6 Å². The number of ether oxygens (including phenoxy) is 4. The first kappa shape index (κ1) is 44.3. The predicted molar refractivity (Wildman–Crippen MR) is 210 cm³/mol. The van der Waals surface area contributed by atoms with Gasteiger partial charge in [0.25, 0.3) is 0 Å². The number of methoxy groups -OCH3 is 2. The molecule has 59 heavy (non-hydrogen) atoms. The summed E-state index contributed by atoms with van der Waals surface area (Å²) < 4.78 is 91.5. The third-order valence-electron chi connectivity index (χ3n) is 12.6. The number of hydrogen-bond acceptors (Lipinski definition) is 11. The molecule has 0 spiro atoms. The number of hydrogen-bond donors (Lipinski definition) is 1. The number of carbonyl (C=O) groups is 4. The van der Waals surface area contributed by atoms with E-state index < -0.39 is 98.3 Å². The number of esters is 1. The summed E-state index contributed by atoms with van der Waals surface area (Å²) in [6.07, 6.45) is 0.971. The minimum absolute atomic E-state index is 0.0128. The molecule has 2 aliphatic heterocycles. The van der Waals surface area contributed by atoms with Gasteiger partial charge in [0, 0.05) is 38.1 Å². The molecule has 324 valence electrons. The minimum atomic E-state index is -4.89. The summed E-state index contributed by atoms with van der Waals surface area (Å²) in [5.41, 5.74) is -4.24. The normalized spacial score (nSPS) is 29.3. The number of Topliss-reactive ketones (excluding diaryl/α,β-unsaturated/α-hetero) is 1. The van der Waals surface area contributed by atoms with E-state index >= 15 is 4.79 Å². The highest BCUT2D eigenvalue weighted by atomic mass is 32.2. The minimum Gasteiger partial charge on any atom is -0.497 e. The van der Waals surface area contributed by atoms with E-state index in [1.54, 1.807) is 37.4 Å². The first-order valence-corrected chi connectivity index (χ1v) is 21.6. The van der Waals surface area contributed by atoms with E-state index in [4.69, 9.17) is 18.9 Å². The number of nitrogens with zero attached hydrogens (tertiary/aromatic N) is 2. The van der Waals surface area contributed by atoms with Crippen LogP contribution in [0.3, 0.4) is 0 Å². The molecule has 13 nitrogen and oxygen atoms in total. The molecule has 2 aliphatic carbocycles. The van der Waals surface area contributed by atoms with Crippen molar-refractivity contribution < 1.29 is 59.7 Å². The molecule has 7 atom stereocenters. The zero-order valence-corrected chi connectivity index (χ0v) is 35.1. The van der Waals surface area contributed by atoms with E-state index in [1.165, 1.54) is 19.1 Å². The lowest BCUT2D eigenvalue weighted by molar-refractivity contribution is -0.257. The molecule has 3 heterocycles. The smallest absolute Gasteiger partial charge is 0.427 e. The zero-order chi connectivity index (χ0) is 43.1. The number of carbonyl (C=O) groups excluding carboxylic acids is 4. The van der Waals surface area contributed by atoms with Crippen LogP contribution in [0.2, 0.25) is 0 Å². The van der Waals surface area contributed by atoms with Crippen molar-refractivity contribution in [2.24, 2.45) is 29.1 Å². The molecule has 2 aromatic rings. The molecule has 2 amide bonds.